The van der Waals surface area contributed by atoms with Gasteiger partial charge in [-0.05, 0) is 19.1 Å². The van der Waals surface area contributed by atoms with Crippen LogP contribution < -0.4 is 0 Å². The standard InChI is InChI=1S/C12H25BrCl2S/c1-16(14,15)12-10-8-6-4-2-3-5-7-9-11-13/h2-12H2,1H3. The molecule has 0 saturated heterocycles. The second-order valence-electron chi connectivity index (χ2n) is 4.45. The summed E-state index contributed by atoms with van der Waals surface area (Å²) < 4.78 is 0. The highest BCUT2D eigenvalue weighted by atomic mass is 79.9. The summed E-state index contributed by atoms with van der Waals surface area (Å²) in [5.74, 6) is 1.00. The molecule has 0 bridgehead atoms. The molecule has 4 heteroatoms. The lowest BCUT2D eigenvalue weighted by Gasteiger charge is -2.17. The predicted octanol–water partition coefficient (Wildman–Crippen LogP) is 6.63. The molecule has 0 nitrogen and oxygen atoms in total. The first kappa shape index (κ1) is 17.4. The first-order valence-electron chi connectivity index (χ1n) is 6.27. The molecule has 0 aromatic heterocycles. The van der Waals surface area contributed by atoms with Gasteiger partial charge in [0.05, 0.1) is 0 Å². The normalized spacial score (nSPS) is 13.0. The predicted molar refractivity (Wildman–Crippen MR) is 85.4 cm³/mol. The van der Waals surface area contributed by atoms with Gasteiger partial charge in [0.15, 0.2) is 0 Å². The van der Waals surface area contributed by atoms with Crippen molar-refractivity contribution in [2.45, 2.75) is 57.8 Å². The molecule has 0 rings (SSSR count). The lowest BCUT2D eigenvalue weighted by Crippen LogP contribution is -1.89. The number of hydrogen-bond acceptors (Lipinski definition) is 0. The number of halogens is 3. The molecule has 16 heavy (non-hydrogen) atoms. The minimum absolute atomic E-state index is 1.00. The van der Waals surface area contributed by atoms with Crippen LogP contribution in [0, 0.1) is 0 Å². The number of hydrogen-bond donors (Lipinski definition) is 0. The monoisotopic (exact) mass is 350 g/mol. The van der Waals surface area contributed by atoms with E-state index >= 15 is 0 Å². The third-order valence-corrected chi connectivity index (χ3v) is 5.13. The maximum absolute atomic E-state index is 5.99. The Balaban J connectivity index is 2.99. The highest BCUT2D eigenvalue weighted by Gasteiger charge is 2.08. The largest absolute Gasteiger partial charge is 0.0928 e. The molecular weight excluding hydrogens is 327 g/mol. The summed E-state index contributed by atoms with van der Waals surface area (Å²) in [5.41, 5.74) is 0. The molecule has 0 aromatic carbocycles. The Bertz CT molecular complexity index is 148. The average Bonchev–Trinajstić information content (AvgIpc) is 2.19. The van der Waals surface area contributed by atoms with Crippen LogP contribution in [-0.4, -0.2) is 17.3 Å². The first-order valence-corrected chi connectivity index (χ1v) is 11.3. The van der Waals surface area contributed by atoms with Crippen LogP contribution >= 0.6 is 45.7 Å². The van der Waals surface area contributed by atoms with Gasteiger partial charge in [-0.2, -0.15) is 0 Å². The third-order valence-electron chi connectivity index (χ3n) is 2.64. The van der Waals surface area contributed by atoms with E-state index in [1.165, 1.54) is 57.8 Å². The molecule has 0 aliphatic rings. The van der Waals surface area contributed by atoms with Crippen molar-refractivity contribution in [3.8, 4) is 0 Å². The van der Waals surface area contributed by atoms with Crippen molar-refractivity contribution >= 4 is 45.7 Å². The van der Waals surface area contributed by atoms with Crippen LogP contribution in [0.1, 0.15) is 57.8 Å². The lowest BCUT2D eigenvalue weighted by atomic mass is 10.1. The maximum Gasteiger partial charge on any atom is 0.00313 e. The molecular formula is C12H25BrCl2S. The highest BCUT2D eigenvalue weighted by Crippen LogP contribution is 2.55. The summed E-state index contributed by atoms with van der Waals surface area (Å²) in [6, 6.07) is 0. The molecule has 0 aromatic rings. The smallest absolute Gasteiger partial charge is 0.00313 e. The van der Waals surface area contributed by atoms with Crippen molar-refractivity contribution in [3.05, 3.63) is 0 Å². The number of alkyl halides is 1. The van der Waals surface area contributed by atoms with Crippen LogP contribution in [-0.2, 0) is 0 Å². The second-order valence-corrected chi connectivity index (χ2v) is 12.0. The van der Waals surface area contributed by atoms with E-state index in [4.69, 9.17) is 21.4 Å². The van der Waals surface area contributed by atoms with Gasteiger partial charge < -0.3 is 0 Å². The van der Waals surface area contributed by atoms with Gasteiger partial charge in [-0.25, -0.2) is 0 Å². The Labute approximate surface area is 120 Å². The minimum atomic E-state index is -1.29. The van der Waals surface area contributed by atoms with E-state index in [1.54, 1.807) is 0 Å². The lowest BCUT2D eigenvalue weighted by molar-refractivity contribution is 0.574. The van der Waals surface area contributed by atoms with Crippen LogP contribution in [0.2, 0.25) is 0 Å². The van der Waals surface area contributed by atoms with Crippen molar-refractivity contribution in [3.63, 3.8) is 0 Å². The summed E-state index contributed by atoms with van der Waals surface area (Å²) >= 11 is 3.46. The van der Waals surface area contributed by atoms with E-state index < -0.39 is 8.46 Å². The van der Waals surface area contributed by atoms with Crippen LogP contribution in [0.3, 0.4) is 0 Å². The van der Waals surface area contributed by atoms with Crippen molar-refractivity contribution in [1.82, 2.24) is 0 Å². The van der Waals surface area contributed by atoms with E-state index in [9.17, 15) is 0 Å². The van der Waals surface area contributed by atoms with Gasteiger partial charge in [-0.15, -0.1) is 0 Å². The fourth-order valence-electron chi connectivity index (χ4n) is 1.69. The zero-order valence-corrected chi connectivity index (χ0v) is 14.2. The Kier molecular flexibility index (Phi) is 12.5. The molecule has 0 aliphatic carbocycles. The van der Waals surface area contributed by atoms with E-state index in [-0.39, 0.29) is 0 Å². The molecule has 0 aliphatic heterocycles. The molecule has 0 amide bonds. The van der Waals surface area contributed by atoms with Crippen molar-refractivity contribution in [2.75, 3.05) is 17.3 Å². The Hall–Kier alpha value is 1.41. The van der Waals surface area contributed by atoms with Crippen molar-refractivity contribution in [1.29, 1.82) is 0 Å². The van der Waals surface area contributed by atoms with E-state index in [1.807, 2.05) is 6.26 Å². The zero-order chi connectivity index (χ0) is 12.3. The van der Waals surface area contributed by atoms with Gasteiger partial charge in [0.2, 0.25) is 0 Å². The Morgan fingerprint density at radius 3 is 1.50 bits per heavy atom. The SMILES string of the molecule is CS(Cl)(Cl)CCCCCCCCCCCBr. The fraction of sp³-hybridized carbons (Fsp3) is 1.00. The molecule has 0 spiro atoms. The number of rotatable bonds is 11. The summed E-state index contributed by atoms with van der Waals surface area (Å²) in [6.07, 6.45) is 14.1. The van der Waals surface area contributed by atoms with Gasteiger partial charge in [0.1, 0.15) is 0 Å². The van der Waals surface area contributed by atoms with E-state index in [0.29, 0.717) is 0 Å². The topological polar surface area (TPSA) is 0 Å². The quantitative estimate of drug-likeness (QED) is 0.289. The zero-order valence-electron chi connectivity index (χ0n) is 10.3. The second kappa shape index (κ2) is 11.5. The van der Waals surface area contributed by atoms with E-state index in [0.717, 1.165) is 11.1 Å². The fourth-order valence-corrected chi connectivity index (χ4v) is 3.45. The Morgan fingerprint density at radius 2 is 1.12 bits per heavy atom. The van der Waals surface area contributed by atoms with E-state index in [2.05, 4.69) is 15.9 Å². The molecule has 0 N–H and O–H groups in total. The molecule has 0 saturated carbocycles. The van der Waals surface area contributed by atoms with Gasteiger partial charge >= 0.3 is 0 Å². The van der Waals surface area contributed by atoms with Crippen LogP contribution in [0.15, 0.2) is 0 Å². The third kappa shape index (κ3) is 15.4. The number of unbranched alkanes of at least 4 members (excludes halogenated alkanes) is 8. The summed E-state index contributed by atoms with van der Waals surface area (Å²) in [6.45, 7) is 0. The summed E-state index contributed by atoms with van der Waals surface area (Å²) in [7, 11) is 10.7. The van der Waals surface area contributed by atoms with Gasteiger partial charge in [0.25, 0.3) is 0 Å². The molecule has 0 heterocycles. The van der Waals surface area contributed by atoms with Gasteiger partial charge in [0, 0.05) is 11.1 Å². The van der Waals surface area contributed by atoms with Crippen molar-refractivity contribution < 1.29 is 0 Å². The van der Waals surface area contributed by atoms with Crippen molar-refractivity contribution in [2.24, 2.45) is 0 Å². The summed E-state index contributed by atoms with van der Waals surface area (Å²) in [4.78, 5) is 0. The highest BCUT2D eigenvalue weighted by molar-refractivity contribution is 9.09. The van der Waals surface area contributed by atoms with Gasteiger partial charge in [-0.1, -0.05) is 90.7 Å². The van der Waals surface area contributed by atoms with Crippen LogP contribution in [0.25, 0.3) is 0 Å². The molecule has 0 radical (unpaired) electrons. The van der Waals surface area contributed by atoms with Gasteiger partial charge in [-0.3, -0.25) is 0 Å². The van der Waals surface area contributed by atoms with Crippen LogP contribution in [0.4, 0.5) is 0 Å². The molecule has 0 atom stereocenters. The minimum Gasteiger partial charge on any atom is -0.0928 e. The molecule has 100 valence electrons. The summed E-state index contributed by atoms with van der Waals surface area (Å²) in [5, 5.41) is 1.16. The molecule has 0 unspecified atom stereocenters. The Morgan fingerprint density at radius 1 is 0.750 bits per heavy atom. The van der Waals surface area contributed by atoms with Crippen LogP contribution in [0.5, 0.6) is 0 Å². The molecule has 0 fully saturated rings. The maximum atomic E-state index is 5.99. The average molecular weight is 352 g/mol. The first-order chi connectivity index (χ1) is 7.56.